The molecule has 0 heterocycles. The third kappa shape index (κ3) is 5.09. The summed E-state index contributed by atoms with van der Waals surface area (Å²) in [5.74, 6) is -0.668. The molecule has 7 heteroatoms. The molecule has 0 amide bonds. The molecule has 5 nitrogen and oxygen atoms in total. The van der Waals surface area contributed by atoms with Crippen LogP contribution in [-0.2, 0) is 22.9 Å². The van der Waals surface area contributed by atoms with Gasteiger partial charge in [0.15, 0.2) is 0 Å². The molecule has 1 unspecified atom stereocenters. The van der Waals surface area contributed by atoms with Gasteiger partial charge >= 0.3 is 0 Å². The van der Waals surface area contributed by atoms with E-state index in [4.69, 9.17) is 11.6 Å². The number of sulfonamides is 1. The van der Waals surface area contributed by atoms with E-state index in [1.807, 2.05) is 6.07 Å². The summed E-state index contributed by atoms with van der Waals surface area (Å²) in [6.07, 6.45) is 4.46. The highest BCUT2D eigenvalue weighted by Gasteiger charge is 2.21. The number of rotatable bonds is 8. The number of carbonyl (C=O) groups excluding carboxylic acids is 1. The van der Waals surface area contributed by atoms with Crippen LogP contribution in [0.2, 0.25) is 5.02 Å². The molecule has 0 bridgehead atoms. The fourth-order valence-electron chi connectivity index (χ4n) is 3.50. The summed E-state index contributed by atoms with van der Waals surface area (Å²) in [4.78, 5) is 11.2. The minimum atomic E-state index is -3.50. The van der Waals surface area contributed by atoms with Crippen molar-refractivity contribution in [3.63, 3.8) is 0 Å². The number of hydrogen-bond acceptors (Lipinski definition) is 4. The third-order valence-corrected chi connectivity index (χ3v) is 6.64. The van der Waals surface area contributed by atoms with Gasteiger partial charge < -0.3 is 9.90 Å². The number of benzene rings is 2. The minimum absolute atomic E-state index is 0.210. The Kier molecular flexibility index (Phi) is 6.19. The zero-order chi connectivity index (χ0) is 19.4. The molecule has 0 saturated carbocycles. The molecular formula is C20H21ClNO4S-. The molecule has 0 aromatic heterocycles. The Bertz CT molecular complexity index is 925. The van der Waals surface area contributed by atoms with Gasteiger partial charge in [-0.3, -0.25) is 0 Å². The van der Waals surface area contributed by atoms with Crippen LogP contribution in [-0.4, -0.2) is 20.9 Å². The van der Waals surface area contributed by atoms with Crippen molar-refractivity contribution in [2.45, 2.75) is 37.0 Å². The predicted octanol–water partition coefficient (Wildman–Crippen LogP) is 2.57. The van der Waals surface area contributed by atoms with Gasteiger partial charge in [-0.15, -0.1) is 0 Å². The first-order chi connectivity index (χ1) is 12.8. The molecule has 3 rings (SSSR count). The Morgan fingerprint density at radius 1 is 1.07 bits per heavy atom. The van der Waals surface area contributed by atoms with Crippen molar-refractivity contribution in [3.05, 3.63) is 64.2 Å². The van der Waals surface area contributed by atoms with Crippen molar-refractivity contribution in [1.29, 1.82) is 0 Å². The van der Waals surface area contributed by atoms with Gasteiger partial charge in [0.25, 0.3) is 0 Å². The lowest BCUT2D eigenvalue weighted by Gasteiger charge is -2.10. The summed E-state index contributed by atoms with van der Waals surface area (Å²) < 4.78 is 27.0. The zero-order valence-corrected chi connectivity index (χ0v) is 16.4. The highest BCUT2D eigenvalue weighted by atomic mass is 35.5. The SMILES string of the molecule is O=C([O-])c1ccc2c(c1)CC(CCCCNS(=O)(=O)c1ccc(Cl)cc1)C2. The van der Waals surface area contributed by atoms with E-state index in [0.29, 0.717) is 17.5 Å². The lowest BCUT2D eigenvalue weighted by atomic mass is 9.99. The van der Waals surface area contributed by atoms with Crippen molar-refractivity contribution >= 4 is 27.6 Å². The number of carboxylic acids is 1. The van der Waals surface area contributed by atoms with Crippen LogP contribution in [0.4, 0.5) is 0 Å². The first-order valence-corrected chi connectivity index (χ1v) is 10.8. The molecule has 2 aromatic carbocycles. The summed E-state index contributed by atoms with van der Waals surface area (Å²) in [5.41, 5.74) is 2.52. The maximum Gasteiger partial charge on any atom is 0.240 e. The number of hydrogen-bond donors (Lipinski definition) is 1. The van der Waals surface area contributed by atoms with Crippen LogP contribution in [0.3, 0.4) is 0 Å². The Hall–Kier alpha value is -1.89. The third-order valence-electron chi connectivity index (χ3n) is 4.91. The number of nitrogens with one attached hydrogen (secondary N) is 1. The van der Waals surface area contributed by atoms with Crippen LogP contribution >= 0.6 is 11.6 Å². The Morgan fingerprint density at radius 2 is 1.78 bits per heavy atom. The summed E-state index contributed by atoms with van der Waals surface area (Å²) in [7, 11) is -3.50. The number of fused-ring (bicyclic) bond motifs is 1. The van der Waals surface area contributed by atoms with E-state index in [1.165, 1.54) is 17.7 Å². The van der Waals surface area contributed by atoms with E-state index in [1.54, 1.807) is 24.3 Å². The first kappa shape index (κ1) is 19.9. The molecule has 1 aliphatic rings. The average Bonchev–Trinajstić information content (AvgIpc) is 3.03. The summed E-state index contributed by atoms with van der Waals surface area (Å²) in [6, 6.07) is 11.3. The highest BCUT2D eigenvalue weighted by Crippen LogP contribution is 2.30. The number of aromatic carboxylic acids is 1. The average molecular weight is 407 g/mol. The molecule has 0 saturated heterocycles. The smallest absolute Gasteiger partial charge is 0.240 e. The molecule has 0 fully saturated rings. The molecular weight excluding hydrogens is 386 g/mol. The minimum Gasteiger partial charge on any atom is -0.545 e. The molecule has 1 N–H and O–H groups in total. The molecule has 1 atom stereocenters. The van der Waals surface area contributed by atoms with Crippen molar-refractivity contribution < 1.29 is 18.3 Å². The van der Waals surface area contributed by atoms with Gasteiger partial charge in [0.2, 0.25) is 10.0 Å². The molecule has 0 aliphatic heterocycles. The van der Waals surface area contributed by atoms with Crippen molar-refractivity contribution in [3.8, 4) is 0 Å². The quantitative estimate of drug-likeness (QED) is 0.682. The Morgan fingerprint density at radius 3 is 2.48 bits per heavy atom. The molecule has 0 spiro atoms. The normalized spacial score (nSPS) is 16.3. The molecule has 144 valence electrons. The summed E-state index contributed by atoms with van der Waals surface area (Å²) in [6.45, 7) is 0.388. The van der Waals surface area contributed by atoms with Crippen LogP contribution in [0, 0.1) is 5.92 Å². The lowest BCUT2D eigenvalue weighted by Crippen LogP contribution is -2.24. The first-order valence-electron chi connectivity index (χ1n) is 8.93. The monoisotopic (exact) mass is 406 g/mol. The van der Waals surface area contributed by atoms with Gasteiger partial charge in [-0.05, 0) is 78.6 Å². The topological polar surface area (TPSA) is 86.3 Å². The number of carboxylic acid groups (broad SMARTS) is 1. The van der Waals surface area contributed by atoms with Gasteiger partial charge in [0, 0.05) is 11.6 Å². The maximum absolute atomic E-state index is 12.2. The van der Waals surface area contributed by atoms with Crippen LogP contribution in [0.5, 0.6) is 0 Å². The number of unbranched alkanes of at least 4 members (excludes halogenated alkanes) is 1. The molecule has 1 aliphatic carbocycles. The van der Waals surface area contributed by atoms with Crippen LogP contribution in [0.1, 0.15) is 40.7 Å². The highest BCUT2D eigenvalue weighted by molar-refractivity contribution is 7.89. The van der Waals surface area contributed by atoms with Gasteiger partial charge in [-0.2, -0.15) is 0 Å². The van der Waals surface area contributed by atoms with Gasteiger partial charge in [0.05, 0.1) is 10.9 Å². The Labute approximate surface area is 164 Å². The number of halogens is 1. The van der Waals surface area contributed by atoms with E-state index >= 15 is 0 Å². The molecule has 27 heavy (non-hydrogen) atoms. The van der Waals surface area contributed by atoms with Gasteiger partial charge in [-0.25, -0.2) is 13.1 Å². The summed E-state index contributed by atoms with van der Waals surface area (Å²) in [5, 5.41) is 11.5. The summed E-state index contributed by atoms with van der Waals surface area (Å²) >= 11 is 5.78. The Balaban J connectivity index is 1.42. The second-order valence-electron chi connectivity index (χ2n) is 6.89. The standard InChI is InChI=1S/C20H22ClNO4S/c21-18-6-8-19(9-7-18)27(25,26)22-10-2-1-3-14-11-15-4-5-16(20(23)24)13-17(15)12-14/h4-9,13-14,22H,1-3,10-12H2,(H,23,24)/p-1. The lowest BCUT2D eigenvalue weighted by molar-refractivity contribution is -0.255. The van der Waals surface area contributed by atoms with E-state index in [2.05, 4.69) is 4.72 Å². The predicted molar refractivity (Wildman–Crippen MR) is 102 cm³/mol. The fourth-order valence-corrected chi connectivity index (χ4v) is 4.70. The van der Waals surface area contributed by atoms with Crippen molar-refractivity contribution in [2.75, 3.05) is 6.54 Å². The maximum atomic E-state index is 12.2. The van der Waals surface area contributed by atoms with Gasteiger partial charge in [0.1, 0.15) is 0 Å². The van der Waals surface area contributed by atoms with Crippen LogP contribution in [0.15, 0.2) is 47.4 Å². The van der Waals surface area contributed by atoms with Crippen molar-refractivity contribution in [1.82, 2.24) is 4.72 Å². The zero-order valence-electron chi connectivity index (χ0n) is 14.8. The van der Waals surface area contributed by atoms with E-state index in [9.17, 15) is 18.3 Å². The fraction of sp³-hybridized carbons (Fsp3) is 0.350. The van der Waals surface area contributed by atoms with E-state index in [0.717, 1.165) is 37.7 Å². The van der Waals surface area contributed by atoms with E-state index in [-0.39, 0.29) is 10.5 Å². The molecule has 0 radical (unpaired) electrons. The molecule has 2 aromatic rings. The number of carbonyl (C=O) groups is 1. The van der Waals surface area contributed by atoms with Crippen LogP contribution < -0.4 is 9.83 Å². The van der Waals surface area contributed by atoms with E-state index < -0.39 is 16.0 Å². The second-order valence-corrected chi connectivity index (χ2v) is 9.10. The second kappa shape index (κ2) is 8.42. The largest absolute Gasteiger partial charge is 0.545 e. The van der Waals surface area contributed by atoms with Gasteiger partial charge in [-0.1, -0.05) is 30.2 Å². The van der Waals surface area contributed by atoms with Crippen molar-refractivity contribution in [2.24, 2.45) is 5.92 Å². The van der Waals surface area contributed by atoms with Crippen LogP contribution in [0.25, 0.3) is 0 Å².